The molecule has 1 aromatic heterocycles. The molecule has 0 aliphatic heterocycles. The number of furan rings is 1. The van der Waals surface area contributed by atoms with Gasteiger partial charge in [-0.3, -0.25) is 0 Å². The van der Waals surface area contributed by atoms with Crippen LogP contribution in [0.5, 0.6) is 0 Å². The lowest BCUT2D eigenvalue weighted by Gasteiger charge is -2.08. The van der Waals surface area contributed by atoms with Gasteiger partial charge in [-0.15, -0.1) is 0 Å². The summed E-state index contributed by atoms with van der Waals surface area (Å²) in [4.78, 5) is 0. The van der Waals surface area contributed by atoms with Crippen molar-refractivity contribution in [2.24, 2.45) is 5.73 Å². The summed E-state index contributed by atoms with van der Waals surface area (Å²) in [5, 5.41) is 3.25. The topological polar surface area (TPSA) is 51.2 Å². The van der Waals surface area contributed by atoms with Gasteiger partial charge in [0, 0.05) is 24.7 Å². The van der Waals surface area contributed by atoms with Gasteiger partial charge in [0.1, 0.15) is 0 Å². The van der Waals surface area contributed by atoms with Crippen LogP contribution in [-0.2, 0) is 6.54 Å². The third-order valence-electron chi connectivity index (χ3n) is 1.59. The molecule has 62 valence electrons. The molecule has 0 radical (unpaired) electrons. The molecule has 0 unspecified atom stereocenters. The van der Waals surface area contributed by atoms with Crippen LogP contribution in [0.15, 0.2) is 23.0 Å². The minimum Gasteiger partial charge on any atom is -0.472 e. The van der Waals surface area contributed by atoms with Gasteiger partial charge in [-0.25, -0.2) is 0 Å². The zero-order valence-electron chi connectivity index (χ0n) is 6.71. The van der Waals surface area contributed by atoms with Crippen molar-refractivity contribution in [2.75, 3.05) is 6.54 Å². The van der Waals surface area contributed by atoms with Crippen LogP contribution >= 0.6 is 0 Å². The normalized spacial score (nSPS) is 13.3. The highest BCUT2D eigenvalue weighted by atomic mass is 16.3. The van der Waals surface area contributed by atoms with Gasteiger partial charge in [-0.2, -0.15) is 0 Å². The van der Waals surface area contributed by atoms with E-state index < -0.39 is 0 Å². The summed E-state index contributed by atoms with van der Waals surface area (Å²) in [6.45, 7) is 3.55. The van der Waals surface area contributed by atoms with E-state index in [1.165, 1.54) is 0 Å². The average molecular weight is 154 g/mol. The molecular weight excluding hydrogens is 140 g/mol. The number of rotatable bonds is 4. The summed E-state index contributed by atoms with van der Waals surface area (Å²) in [6.07, 6.45) is 3.40. The van der Waals surface area contributed by atoms with Crippen LogP contribution in [0.3, 0.4) is 0 Å². The van der Waals surface area contributed by atoms with Gasteiger partial charge in [0.25, 0.3) is 0 Å². The standard InChI is InChI=1S/C8H14N2O/c1-7(4-9)10-5-8-2-3-11-6-8/h2-3,6-7,10H,4-5,9H2,1H3/t7-/m0/s1. The van der Waals surface area contributed by atoms with Crippen LogP contribution < -0.4 is 11.1 Å². The van der Waals surface area contributed by atoms with Gasteiger partial charge in [0.2, 0.25) is 0 Å². The lowest BCUT2D eigenvalue weighted by molar-refractivity contribution is 0.539. The summed E-state index contributed by atoms with van der Waals surface area (Å²) in [6, 6.07) is 2.31. The van der Waals surface area contributed by atoms with Gasteiger partial charge in [-0.05, 0) is 13.0 Å². The number of nitrogens with two attached hydrogens (primary N) is 1. The second-order valence-electron chi connectivity index (χ2n) is 2.65. The van der Waals surface area contributed by atoms with Gasteiger partial charge in [-0.1, -0.05) is 0 Å². The molecule has 0 amide bonds. The summed E-state index contributed by atoms with van der Waals surface area (Å²) < 4.78 is 4.91. The zero-order chi connectivity index (χ0) is 8.10. The van der Waals surface area contributed by atoms with Crippen LogP contribution in [0.1, 0.15) is 12.5 Å². The van der Waals surface area contributed by atoms with Crippen molar-refractivity contribution < 1.29 is 4.42 Å². The minimum atomic E-state index is 0.366. The van der Waals surface area contributed by atoms with E-state index in [9.17, 15) is 0 Å². The Morgan fingerprint density at radius 1 is 1.73 bits per heavy atom. The molecule has 11 heavy (non-hydrogen) atoms. The Morgan fingerprint density at radius 2 is 2.55 bits per heavy atom. The van der Waals surface area contributed by atoms with Crippen LogP contribution in [0.2, 0.25) is 0 Å². The van der Waals surface area contributed by atoms with E-state index in [1.54, 1.807) is 12.5 Å². The SMILES string of the molecule is C[C@@H](CN)NCc1ccoc1. The van der Waals surface area contributed by atoms with Crippen LogP contribution in [0.4, 0.5) is 0 Å². The zero-order valence-corrected chi connectivity index (χ0v) is 6.71. The molecule has 0 fully saturated rings. The van der Waals surface area contributed by atoms with E-state index in [0.717, 1.165) is 12.1 Å². The number of hydrogen-bond donors (Lipinski definition) is 2. The fraction of sp³-hybridized carbons (Fsp3) is 0.500. The first kappa shape index (κ1) is 8.30. The van der Waals surface area contributed by atoms with Crippen molar-refractivity contribution >= 4 is 0 Å². The monoisotopic (exact) mass is 154 g/mol. The second-order valence-corrected chi connectivity index (χ2v) is 2.65. The fourth-order valence-corrected chi connectivity index (χ4v) is 0.769. The molecule has 1 atom stereocenters. The lowest BCUT2D eigenvalue weighted by Crippen LogP contribution is -2.32. The second kappa shape index (κ2) is 4.16. The Kier molecular flexibility index (Phi) is 3.14. The van der Waals surface area contributed by atoms with Crippen LogP contribution in [0.25, 0.3) is 0 Å². The highest BCUT2D eigenvalue weighted by Crippen LogP contribution is 1.98. The molecular formula is C8H14N2O. The van der Waals surface area contributed by atoms with Gasteiger partial charge < -0.3 is 15.5 Å². The first-order valence-corrected chi connectivity index (χ1v) is 3.77. The Morgan fingerprint density at radius 3 is 3.09 bits per heavy atom. The van der Waals surface area contributed by atoms with Crippen molar-refractivity contribution in [3.05, 3.63) is 24.2 Å². The highest BCUT2D eigenvalue weighted by molar-refractivity contribution is 5.04. The predicted molar refractivity (Wildman–Crippen MR) is 44.1 cm³/mol. The molecule has 0 saturated carbocycles. The largest absolute Gasteiger partial charge is 0.472 e. The van der Waals surface area contributed by atoms with Crippen LogP contribution in [-0.4, -0.2) is 12.6 Å². The molecule has 1 aromatic rings. The molecule has 3 heteroatoms. The van der Waals surface area contributed by atoms with E-state index >= 15 is 0 Å². The summed E-state index contributed by atoms with van der Waals surface area (Å²) in [5.41, 5.74) is 6.58. The predicted octanol–water partition coefficient (Wildman–Crippen LogP) is 0.716. The quantitative estimate of drug-likeness (QED) is 0.671. The average Bonchev–Trinajstić information content (AvgIpc) is 2.52. The first-order valence-electron chi connectivity index (χ1n) is 3.77. The molecule has 0 saturated heterocycles. The fourth-order valence-electron chi connectivity index (χ4n) is 0.769. The Bertz CT molecular complexity index is 184. The number of hydrogen-bond acceptors (Lipinski definition) is 3. The Hall–Kier alpha value is -0.800. The number of nitrogens with one attached hydrogen (secondary N) is 1. The Labute approximate surface area is 66.6 Å². The maximum absolute atomic E-state index is 5.43. The minimum absolute atomic E-state index is 0.366. The summed E-state index contributed by atoms with van der Waals surface area (Å²) in [5.74, 6) is 0. The van der Waals surface area contributed by atoms with Crippen LogP contribution in [0, 0.1) is 0 Å². The molecule has 0 spiro atoms. The summed E-state index contributed by atoms with van der Waals surface area (Å²) >= 11 is 0. The molecule has 0 aliphatic carbocycles. The smallest absolute Gasteiger partial charge is 0.0947 e. The van der Waals surface area contributed by atoms with E-state index in [0.29, 0.717) is 12.6 Å². The van der Waals surface area contributed by atoms with E-state index in [1.807, 2.05) is 6.07 Å². The molecule has 3 N–H and O–H groups in total. The van der Waals surface area contributed by atoms with Gasteiger partial charge in [0.05, 0.1) is 12.5 Å². The van der Waals surface area contributed by atoms with Crippen molar-refractivity contribution in [3.63, 3.8) is 0 Å². The molecule has 0 aliphatic rings. The first-order chi connectivity index (χ1) is 5.33. The van der Waals surface area contributed by atoms with Gasteiger partial charge >= 0.3 is 0 Å². The third kappa shape index (κ3) is 2.74. The molecule has 1 rings (SSSR count). The maximum atomic E-state index is 5.43. The van der Waals surface area contributed by atoms with E-state index in [-0.39, 0.29) is 0 Å². The highest BCUT2D eigenvalue weighted by Gasteiger charge is 1.97. The van der Waals surface area contributed by atoms with Crippen molar-refractivity contribution in [1.29, 1.82) is 0 Å². The Balaban J connectivity index is 2.23. The van der Waals surface area contributed by atoms with E-state index in [4.69, 9.17) is 10.2 Å². The molecule has 1 heterocycles. The van der Waals surface area contributed by atoms with Crippen molar-refractivity contribution in [3.8, 4) is 0 Å². The van der Waals surface area contributed by atoms with Gasteiger partial charge in [0.15, 0.2) is 0 Å². The van der Waals surface area contributed by atoms with Crippen molar-refractivity contribution in [1.82, 2.24) is 5.32 Å². The lowest BCUT2D eigenvalue weighted by atomic mass is 10.3. The summed E-state index contributed by atoms with van der Waals surface area (Å²) in [7, 11) is 0. The molecule has 0 aromatic carbocycles. The molecule has 3 nitrogen and oxygen atoms in total. The maximum Gasteiger partial charge on any atom is 0.0947 e. The third-order valence-corrected chi connectivity index (χ3v) is 1.59. The molecule has 0 bridgehead atoms. The van der Waals surface area contributed by atoms with E-state index in [2.05, 4.69) is 12.2 Å². The van der Waals surface area contributed by atoms with Crippen molar-refractivity contribution in [2.45, 2.75) is 19.5 Å².